The second kappa shape index (κ2) is 5.26. The molecule has 0 bridgehead atoms. The maximum atomic E-state index is 4.42. The Morgan fingerprint density at radius 3 is 2.31 bits per heavy atom. The minimum atomic E-state index is 0.884. The van der Waals surface area contributed by atoms with Gasteiger partial charge >= 0.3 is 0 Å². The fourth-order valence-corrected chi connectivity index (χ4v) is 1.50. The maximum absolute atomic E-state index is 4.42. The van der Waals surface area contributed by atoms with Gasteiger partial charge in [0.2, 0.25) is 0 Å². The molecule has 0 saturated carbocycles. The van der Waals surface area contributed by atoms with Gasteiger partial charge in [-0.2, -0.15) is 0 Å². The topological polar surface area (TPSA) is 12.4 Å². The van der Waals surface area contributed by atoms with E-state index in [9.17, 15) is 0 Å². The lowest BCUT2D eigenvalue weighted by atomic mass is 10.2. The molecule has 1 heteroatoms. The standard InChI is InChI=1S/C15H15N/c1-13-7-9-15(10-8-13)16-12-11-14-5-3-2-4-6-14/h2-10,12H,11H2,1H3. The molecule has 2 rings (SSSR count). The number of hydrogen-bond donors (Lipinski definition) is 0. The van der Waals surface area contributed by atoms with Gasteiger partial charge in [0.15, 0.2) is 0 Å². The molecule has 1 nitrogen and oxygen atoms in total. The molecule has 0 atom stereocenters. The molecule has 0 aliphatic rings. The number of hydrogen-bond acceptors (Lipinski definition) is 1. The Morgan fingerprint density at radius 1 is 0.938 bits per heavy atom. The van der Waals surface area contributed by atoms with Gasteiger partial charge in [-0.3, -0.25) is 4.99 Å². The van der Waals surface area contributed by atoms with Crippen LogP contribution in [0.5, 0.6) is 0 Å². The van der Waals surface area contributed by atoms with Crippen LogP contribution in [0.1, 0.15) is 11.1 Å². The lowest BCUT2D eigenvalue weighted by Gasteiger charge is -1.96. The molecule has 2 aromatic rings. The molecule has 0 fully saturated rings. The highest BCUT2D eigenvalue weighted by atomic mass is 14.7. The van der Waals surface area contributed by atoms with Crippen molar-refractivity contribution in [2.24, 2.45) is 4.99 Å². The summed E-state index contributed by atoms with van der Waals surface area (Å²) >= 11 is 0. The summed E-state index contributed by atoms with van der Waals surface area (Å²) in [7, 11) is 0. The van der Waals surface area contributed by atoms with Crippen LogP contribution in [0.25, 0.3) is 0 Å². The van der Waals surface area contributed by atoms with Crippen LogP contribution in [-0.2, 0) is 6.42 Å². The fraction of sp³-hybridized carbons (Fsp3) is 0.133. The molecule has 0 unspecified atom stereocenters. The summed E-state index contributed by atoms with van der Waals surface area (Å²) in [6.07, 6.45) is 2.84. The molecule has 80 valence electrons. The highest BCUT2D eigenvalue weighted by molar-refractivity contribution is 5.66. The Morgan fingerprint density at radius 2 is 1.62 bits per heavy atom. The first-order valence-electron chi connectivity index (χ1n) is 5.48. The molecule has 0 aliphatic heterocycles. The normalized spacial score (nSPS) is 10.8. The van der Waals surface area contributed by atoms with E-state index < -0.39 is 0 Å². The second-order valence-corrected chi connectivity index (χ2v) is 3.84. The summed E-state index contributed by atoms with van der Waals surface area (Å²) in [5, 5.41) is 0. The minimum Gasteiger partial charge on any atom is -0.261 e. The average molecular weight is 209 g/mol. The van der Waals surface area contributed by atoms with Crippen LogP contribution in [0.15, 0.2) is 59.6 Å². The Balaban J connectivity index is 1.98. The molecule has 0 radical (unpaired) electrons. The molecule has 16 heavy (non-hydrogen) atoms. The van der Waals surface area contributed by atoms with Crippen molar-refractivity contribution in [1.29, 1.82) is 0 Å². The number of aryl methyl sites for hydroxylation is 1. The van der Waals surface area contributed by atoms with Gasteiger partial charge in [0.05, 0.1) is 5.69 Å². The average Bonchev–Trinajstić information content (AvgIpc) is 2.33. The van der Waals surface area contributed by atoms with Crippen molar-refractivity contribution in [3.8, 4) is 0 Å². The van der Waals surface area contributed by atoms with E-state index in [1.54, 1.807) is 0 Å². The van der Waals surface area contributed by atoms with Gasteiger partial charge in [0.1, 0.15) is 0 Å². The van der Waals surface area contributed by atoms with Crippen LogP contribution >= 0.6 is 0 Å². The zero-order chi connectivity index (χ0) is 11.2. The van der Waals surface area contributed by atoms with E-state index in [1.807, 2.05) is 24.4 Å². The summed E-state index contributed by atoms with van der Waals surface area (Å²) in [5.74, 6) is 0. The molecule has 0 heterocycles. The smallest absolute Gasteiger partial charge is 0.0626 e. The van der Waals surface area contributed by atoms with Gasteiger partial charge in [-0.15, -0.1) is 0 Å². The molecular formula is C15H15N. The molecule has 0 amide bonds. The lowest BCUT2D eigenvalue weighted by Crippen LogP contribution is -1.84. The molecule has 0 N–H and O–H groups in total. The van der Waals surface area contributed by atoms with Gasteiger partial charge in [-0.05, 0) is 24.6 Å². The van der Waals surface area contributed by atoms with Crippen LogP contribution in [0.4, 0.5) is 5.69 Å². The van der Waals surface area contributed by atoms with Gasteiger partial charge in [-0.1, -0.05) is 48.0 Å². The van der Waals surface area contributed by atoms with Crippen LogP contribution in [0.3, 0.4) is 0 Å². The number of benzene rings is 2. The van der Waals surface area contributed by atoms with E-state index in [0.29, 0.717) is 0 Å². The zero-order valence-corrected chi connectivity index (χ0v) is 9.43. The Hall–Kier alpha value is -1.89. The highest BCUT2D eigenvalue weighted by Crippen LogP contribution is 2.11. The molecule has 2 aromatic carbocycles. The number of rotatable bonds is 3. The Labute approximate surface area is 96.5 Å². The van der Waals surface area contributed by atoms with Gasteiger partial charge in [0.25, 0.3) is 0 Å². The third-order valence-corrected chi connectivity index (χ3v) is 2.44. The van der Waals surface area contributed by atoms with E-state index in [2.05, 4.69) is 48.3 Å². The molecule has 0 spiro atoms. The van der Waals surface area contributed by atoms with E-state index >= 15 is 0 Å². The van der Waals surface area contributed by atoms with Crippen molar-refractivity contribution in [2.75, 3.05) is 0 Å². The predicted molar refractivity (Wildman–Crippen MR) is 69.5 cm³/mol. The number of aliphatic imine (C=N–C) groups is 1. The third-order valence-electron chi connectivity index (χ3n) is 2.44. The van der Waals surface area contributed by atoms with Crippen LogP contribution < -0.4 is 0 Å². The van der Waals surface area contributed by atoms with Crippen LogP contribution in [0, 0.1) is 6.92 Å². The number of nitrogens with zero attached hydrogens (tertiary/aromatic N) is 1. The fourth-order valence-electron chi connectivity index (χ4n) is 1.50. The summed E-state index contributed by atoms with van der Waals surface area (Å²) in [5.41, 5.74) is 3.57. The highest BCUT2D eigenvalue weighted by Gasteiger charge is 1.89. The third kappa shape index (κ3) is 3.06. The van der Waals surface area contributed by atoms with Crippen molar-refractivity contribution in [3.05, 3.63) is 65.7 Å². The van der Waals surface area contributed by atoms with Crippen molar-refractivity contribution < 1.29 is 0 Å². The van der Waals surface area contributed by atoms with Crippen LogP contribution in [0.2, 0.25) is 0 Å². The maximum Gasteiger partial charge on any atom is 0.0626 e. The van der Waals surface area contributed by atoms with Crippen molar-refractivity contribution in [2.45, 2.75) is 13.3 Å². The van der Waals surface area contributed by atoms with E-state index in [1.165, 1.54) is 11.1 Å². The quantitative estimate of drug-likeness (QED) is 0.679. The van der Waals surface area contributed by atoms with Crippen molar-refractivity contribution >= 4 is 11.9 Å². The van der Waals surface area contributed by atoms with Gasteiger partial charge in [-0.25, -0.2) is 0 Å². The van der Waals surface area contributed by atoms with E-state index in [0.717, 1.165) is 12.1 Å². The van der Waals surface area contributed by atoms with Crippen molar-refractivity contribution in [3.63, 3.8) is 0 Å². The summed E-state index contributed by atoms with van der Waals surface area (Å²) in [6, 6.07) is 18.6. The van der Waals surface area contributed by atoms with Gasteiger partial charge in [0, 0.05) is 12.6 Å². The predicted octanol–water partition coefficient (Wildman–Crippen LogP) is 3.94. The second-order valence-electron chi connectivity index (χ2n) is 3.84. The Bertz CT molecular complexity index is 455. The zero-order valence-electron chi connectivity index (χ0n) is 9.43. The summed E-state index contributed by atoms with van der Waals surface area (Å²) in [6.45, 7) is 2.08. The minimum absolute atomic E-state index is 0.884. The largest absolute Gasteiger partial charge is 0.261 e. The van der Waals surface area contributed by atoms with Crippen LogP contribution in [-0.4, -0.2) is 6.21 Å². The Kier molecular flexibility index (Phi) is 3.50. The summed E-state index contributed by atoms with van der Waals surface area (Å²) < 4.78 is 0. The van der Waals surface area contributed by atoms with Crippen molar-refractivity contribution in [1.82, 2.24) is 0 Å². The van der Waals surface area contributed by atoms with E-state index in [-0.39, 0.29) is 0 Å². The van der Waals surface area contributed by atoms with E-state index in [4.69, 9.17) is 0 Å². The first-order chi connectivity index (χ1) is 7.84. The molecule has 0 aromatic heterocycles. The lowest BCUT2D eigenvalue weighted by molar-refractivity contribution is 1.34. The monoisotopic (exact) mass is 209 g/mol. The first kappa shape index (κ1) is 10.6. The molecular weight excluding hydrogens is 194 g/mol. The first-order valence-corrected chi connectivity index (χ1v) is 5.48. The molecule has 0 saturated heterocycles. The molecule has 0 aliphatic carbocycles. The van der Waals surface area contributed by atoms with Gasteiger partial charge < -0.3 is 0 Å². The summed E-state index contributed by atoms with van der Waals surface area (Å²) in [4.78, 5) is 4.42. The SMILES string of the molecule is Cc1ccc(N=CCc2ccccc2)cc1.